The molecular weight excluding hydrogens is 270 g/mol. The van der Waals surface area contributed by atoms with Crippen LogP contribution in [0, 0.1) is 13.8 Å². The van der Waals surface area contributed by atoms with Crippen LogP contribution in [0.2, 0.25) is 0 Å². The second-order valence-electron chi connectivity index (χ2n) is 5.79. The highest BCUT2D eigenvalue weighted by Crippen LogP contribution is 2.56. The second-order valence-corrected chi connectivity index (χ2v) is 7.27. The third-order valence-electron chi connectivity index (χ3n) is 4.50. The van der Waals surface area contributed by atoms with Gasteiger partial charge in [0.2, 0.25) is 0 Å². The number of hydrogen-bond donors (Lipinski definition) is 1. The molecule has 0 aromatic heterocycles. The van der Waals surface area contributed by atoms with Crippen molar-refractivity contribution in [2.24, 2.45) is 5.16 Å². The zero-order valence-electron chi connectivity index (χ0n) is 12.3. The minimum Gasteiger partial charge on any atom is -0.508 e. The van der Waals surface area contributed by atoms with Crippen molar-refractivity contribution in [2.75, 3.05) is 6.61 Å². The van der Waals surface area contributed by atoms with Crippen LogP contribution in [0.1, 0.15) is 49.3 Å². The van der Waals surface area contributed by atoms with E-state index in [9.17, 15) is 5.11 Å². The Bertz CT molecular complexity index is 576. The molecule has 0 bridgehead atoms. The molecule has 3 rings (SSSR count). The number of fused-ring (bicyclic) bond motifs is 1. The molecule has 108 valence electrons. The van der Waals surface area contributed by atoms with Crippen molar-refractivity contribution >= 4 is 17.5 Å². The summed E-state index contributed by atoms with van der Waals surface area (Å²) in [6.45, 7) is 6.60. The van der Waals surface area contributed by atoms with Crippen LogP contribution in [0.25, 0.3) is 0 Å². The molecule has 1 heterocycles. The van der Waals surface area contributed by atoms with Crippen molar-refractivity contribution in [3.05, 3.63) is 22.8 Å². The lowest BCUT2D eigenvalue weighted by atomic mass is 9.78. The van der Waals surface area contributed by atoms with E-state index in [0.29, 0.717) is 17.1 Å². The first-order valence-electron chi connectivity index (χ1n) is 7.28. The molecule has 0 atom stereocenters. The first-order valence-corrected chi connectivity index (χ1v) is 8.09. The quantitative estimate of drug-likeness (QED) is 0.832. The fourth-order valence-corrected chi connectivity index (χ4v) is 4.68. The Kier molecular flexibility index (Phi) is 3.44. The summed E-state index contributed by atoms with van der Waals surface area (Å²) in [7, 11) is 0. The highest BCUT2D eigenvalue weighted by molar-refractivity contribution is 8.01. The van der Waals surface area contributed by atoms with Crippen molar-refractivity contribution in [3.8, 4) is 5.75 Å². The number of thioether (sulfide) groups is 1. The van der Waals surface area contributed by atoms with E-state index >= 15 is 0 Å². The predicted octanol–water partition coefficient (Wildman–Crippen LogP) is 4.17. The molecule has 2 aliphatic rings. The van der Waals surface area contributed by atoms with Gasteiger partial charge in [-0.1, -0.05) is 11.6 Å². The van der Waals surface area contributed by atoms with Crippen LogP contribution < -0.4 is 0 Å². The third kappa shape index (κ3) is 2.10. The zero-order chi connectivity index (χ0) is 14.3. The summed E-state index contributed by atoms with van der Waals surface area (Å²) in [5, 5.41) is 14.4. The van der Waals surface area contributed by atoms with Gasteiger partial charge in [0, 0.05) is 21.6 Å². The molecular formula is C16H21NO2S. The van der Waals surface area contributed by atoms with Crippen molar-refractivity contribution in [3.63, 3.8) is 0 Å². The predicted molar refractivity (Wildman–Crippen MR) is 82.8 cm³/mol. The summed E-state index contributed by atoms with van der Waals surface area (Å²) in [5.41, 5.74) is 4.21. The Morgan fingerprint density at radius 2 is 2.10 bits per heavy atom. The maximum absolute atomic E-state index is 10.1. The molecule has 1 N–H and O–H groups in total. The number of benzene rings is 1. The van der Waals surface area contributed by atoms with E-state index in [2.05, 4.69) is 12.1 Å². The van der Waals surface area contributed by atoms with Crippen LogP contribution in [0.3, 0.4) is 0 Å². The molecule has 1 aromatic rings. The van der Waals surface area contributed by atoms with E-state index in [1.54, 1.807) is 0 Å². The van der Waals surface area contributed by atoms with E-state index in [0.717, 1.165) is 23.3 Å². The van der Waals surface area contributed by atoms with Gasteiger partial charge in [0.15, 0.2) is 0 Å². The van der Waals surface area contributed by atoms with Crippen LogP contribution >= 0.6 is 11.8 Å². The van der Waals surface area contributed by atoms with Crippen molar-refractivity contribution in [1.29, 1.82) is 0 Å². The van der Waals surface area contributed by atoms with Gasteiger partial charge in [-0.05, 0) is 50.8 Å². The molecule has 1 saturated carbocycles. The summed E-state index contributed by atoms with van der Waals surface area (Å²) in [4.78, 5) is 6.58. The minimum absolute atomic E-state index is 0.317. The van der Waals surface area contributed by atoms with Crippen molar-refractivity contribution in [2.45, 2.75) is 56.1 Å². The molecule has 3 nitrogen and oxygen atoms in total. The van der Waals surface area contributed by atoms with Gasteiger partial charge in [0.05, 0.1) is 5.71 Å². The Balaban J connectivity index is 2.11. The van der Waals surface area contributed by atoms with Gasteiger partial charge in [-0.15, -0.1) is 11.8 Å². The standard InChI is InChI=1S/C16H21NO2S/c1-4-19-17-13-9-16(6-5-7-16)20-15-11(3)10(2)14(18)8-12(13)15/h8,18H,4-7,9H2,1-3H3. The fraction of sp³-hybridized carbons (Fsp3) is 0.562. The summed E-state index contributed by atoms with van der Waals surface area (Å²) in [5.74, 6) is 0.357. The molecule has 1 aliphatic heterocycles. The largest absolute Gasteiger partial charge is 0.508 e. The monoisotopic (exact) mass is 291 g/mol. The van der Waals surface area contributed by atoms with Crippen molar-refractivity contribution < 1.29 is 9.94 Å². The Labute approximate surface area is 124 Å². The molecule has 1 fully saturated rings. The summed E-state index contributed by atoms with van der Waals surface area (Å²) >= 11 is 1.99. The van der Waals surface area contributed by atoms with Crippen LogP contribution in [0.15, 0.2) is 16.1 Å². The molecule has 0 amide bonds. The Morgan fingerprint density at radius 1 is 1.35 bits per heavy atom. The smallest absolute Gasteiger partial charge is 0.119 e. The molecule has 1 aliphatic carbocycles. The molecule has 0 unspecified atom stereocenters. The zero-order valence-corrected chi connectivity index (χ0v) is 13.1. The van der Waals surface area contributed by atoms with Crippen LogP contribution in [-0.4, -0.2) is 22.2 Å². The number of rotatable bonds is 2. The number of aromatic hydroxyl groups is 1. The van der Waals surface area contributed by atoms with E-state index < -0.39 is 0 Å². The lowest BCUT2D eigenvalue weighted by molar-refractivity contribution is 0.157. The highest BCUT2D eigenvalue weighted by atomic mass is 32.2. The van der Waals surface area contributed by atoms with E-state index in [-0.39, 0.29) is 0 Å². The van der Waals surface area contributed by atoms with Gasteiger partial charge in [0.25, 0.3) is 0 Å². The normalized spacial score (nSPS) is 21.6. The minimum atomic E-state index is 0.317. The summed E-state index contributed by atoms with van der Waals surface area (Å²) in [6.07, 6.45) is 4.76. The number of phenols is 1. The molecule has 0 radical (unpaired) electrons. The maximum atomic E-state index is 10.1. The van der Waals surface area contributed by atoms with Gasteiger partial charge >= 0.3 is 0 Å². The molecule has 20 heavy (non-hydrogen) atoms. The molecule has 1 spiro atoms. The number of hydrogen-bond acceptors (Lipinski definition) is 4. The van der Waals surface area contributed by atoms with Crippen LogP contribution in [-0.2, 0) is 4.84 Å². The third-order valence-corrected chi connectivity index (χ3v) is 6.22. The second kappa shape index (κ2) is 4.99. The topological polar surface area (TPSA) is 41.8 Å². The SMILES string of the molecule is CCON=C1CC2(CCC2)Sc2c1cc(O)c(C)c2C. The number of nitrogens with zero attached hydrogens (tertiary/aromatic N) is 1. The summed E-state index contributed by atoms with van der Waals surface area (Å²) < 4.78 is 0.317. The lowest BCUT2D eigenvalue weighted by Crippen LogP contribution is -2.39. The average Bonchev–Trinajstić information content (AvgIpc) is 2.41. The van der Waals surface area contributed by atoms with E-state index in [1.165, 1.54) is 29.7 Å². The fourth-order valence-electron chi connectivity index (χ4n) is 2.95. The Hall–Kier alpha value is -1.16. The maximum Gasteiger partial charge on any atom is 0.119 e. The van der Waals surface area contributed by atoms with Gasteiger partial charge in [0.1, 0.15) is 12.4 Å². The first kappa shape index (κ1) is 13.8. The molecule has 4 heteroatoms. The van der Waals surface area contributed by atoms with Gasteiger partial charge < -0.3 is 9.94 Å². The lowest BCUT2D eigenvalue weighted by Gasteiger charge is -2.45. The molecule has 1 aromatic carbocycles. The van der Waals surface area contributed by atoms with Crippen molar-refractivity contribution in [1.82, 2.24) is 0 Å². The summed E-state index contributed by atoms with van der Waals surface area (Å²) in [6, 6.07) is 1.86. The van der Waals surface area contributed by atoms with Gasteiger partial charge in [-0.2, -0.15) is 0 Å². The highest BCUT2D eigenvalue weighted by Gasteiger charge is 2.44. The van der Waals surface area contributed by atoms with E-state index in [1.807, 2.05) is 31.7 Å². The van der Waals surface area contributed by atoms with E-state index in [4.69, 9.17) is 4.84 Å². The number of oxime groups is 1. The van der Waals surface area contributed by atoms with Crippen LogP contribution in [0.5, 0.6) is 5.75 Å². The van der Waals surface area contributed by atoms with Crippen LogP contribution in [0.4, 0.5) is 0 Å². The Morgan fingerprint density at radius 3 is 2.70 bits per heavy atom. The average molecular weight is 291 g/mol. The molecule has 0 saturated heterocycles. The van der Waals surface area contributed by atoms with Gasteiger partial charge in [-0.3, -0.25) is 0 Å². The van der Waals surface area contributed by atoms with Gasteiger partial charge in [-0.25, -0.2) is 0 Å². The first-order chi connectivity index (χ1) is 9.56. The number of phenolic OH excluding ortho intramolecular Hbond substituents is 1.